The standard InChI is InChI=1S/C46H84O7Si2/c1-31(2)28-32(3)29-33(4)41(53-55(20,21)45(11,12)13)35(6)40(47)36(7)42(48)46(14,15)43(50-17)34(5)39(52-54(18,19)44(8,9)10)26-27-51-30-37-22-24-38(49-16)25-23-37/h22-25,28-29,32,34-36,39-41,43,47H,26-27,30H2,1-21H3/b33-29+/t32-,34+,35-,36-,39-,40-,41+,43-/m0/s1. The van der Waals surface area contributed by atoms with Crippen LogP contribution in [0.25, 0.3) is 0 Å². The molecule has 0 fully saturated rings. The van der Waals surface area contributed by atoms with Crippen LogP contribution in [0.1, 0.15) is 116 Å². The molecule has 55 heavy (non-hydrogen) atoms. The monoisotopic (exact) mass is 805 g/mol. The summed E-state index contributed by atoms with van der Waals surface area (Å²) in [5, 5.41) is 12.1. The quantitative estimate of drug-likeness (QED) is 0.0710. The van der Waals surface area contributed by atoms with Crippen molar-refractivity contribution in [3.63, 3.8) is 0 Å². The number of carbonyl (C=O) groups is 1. The summed E-state index contributed by atoms with van der Waals surface area (Å²) in [5.74, 6) is -0.114. The molecule has 1 N–H and O–H groups in total. The van der Waals surface area contributed by atoms with Crippen LogP contribution in [0.15, 0.2) is 47.6 Å². The second-order valence-electron chi connectivity index (χ2n) is 20.2. The molecule has 0 saturated carbocycles. The van der Waals surface area contributed by atoms with Crippen LogP contribution in [-0.4, -0.2) is 72.8 Å². The number of ether oxygens (including phenoxy) is 3. The summed E-state index contributed by atoms with van der Waals surface area (Å²) in [5.41, 5.74) is 2.49. The van der Waals surface area contributed by atoms with Crippen molar-refractivity contribution >= 4 is 22.4 Å². The molecule has 0 unspecified atom stereocenters. The molecule has 318 valence electrons. The minimum Gasteiger partial charge on any atom is -0.497 e. The first-order valence-electron chi connectivity index (χ1n) is 20.6. The van der Waals surface area contributed by atoms with Crippen molar-refractivity contribution in [3.05, 3.63) is 53.1 Å². The maximum Gasteiger partial charge on any atom is 0.192 e. The van der Waals surface area contributed by atoms with Gasteiger partial charge in [-0.05, 0) is 92.6 Å². The van der Waals surface area contributed by atoms with Gasteiger partial charge >= 0.3 is 0 Å². The number of rotatable bonds is 22. The number of hydrogen-bond acceptors (Lipinski definition) is 7. The van der Waals surface area contributed by atoms with Gasteiger partial charge in [-0.25, -0.2) is 0 Å². The van der Waals surface area contributed by atoms with Gasteiger partial charge < -0.3 is 28.2 Å². The van der Waals surface area contributed by atoms with Crippen molar-refractivity contribution in [2.75, 3.05) is 20.8 Å². The third-order valence-electron chi connectivity index (χ3n) is 12.6. The second-order valence-corrected chi connectivity index (χ2v) is 29.7. The summed E-state index contributed by atoms with van der Waals surface area (Å²) in [7, 11) is -1.10. The third-order valence-corrected chi connectivity index (χ3v) is 21.6. The predicted molar refractivity (Wildman–Crippen MR) is 237 cm³/mol. The molecule has 0 radical (unpaired) electrons. The number of Topliss-reactive ketones (excluding diaryl/α,β-unsaturated/α-hetero) is 1. The van der Waals surface area contributed by atoms with E-state index in [2.05, 4.69) is 115 Å². The summed E-state index contributed by atoms with van der Waals surface area (Å²) in [6.07, 6.45) is 3.21. The Balaban J connectivity index is 3.45. The highest BCUT2D eigenvalue weighted by Crippen LogP contribution is 2.43. The van der Waals surface area contributed by atoms with Gasteiger partial charge in [0, 0.05) is 31.5 Å². The van der Waals surface area contributed by atoms with Crippen LogP contribution in [0.4, 0.5) is 0 Å². The number of allylic oxidation sites excluding steroid dienone is 3. The van der Waals surface area contributed by atoms with Gasteiger partial charge in [0.05, 0.1) is 43.5 Å². The van der Waals surface area contributed by atoms with Crippen molar-refractivity contribution in [1.82, 2.24) is 0 Å². The Labute approximate surface area is 340 Å². The van der Waals surface area contributed by atoms with Crippen LogP contribution in [-0.2, 0) is 29.7 Å². The van der Waals surface area contributed by atoms with Gasteiger partial charge in [-0.2, -0.15) is 0 Å². The van der Waals surface area contributed by atoms with Crippen LogP contribution in [0, 0.1) is 29.1 Å². The summed E-state index contributed by atoms with van der Waals surface area (Å²) in [4.78, 5) is 14.7. The van der Waals surface area contributed by atoms with E-state index in [-0.39, 0.29) is 45.8 Å². The number of aliphatic hydroxyl groups is 1. The molecule has 0 heterocycles. The van der Waals surface area contributed by atoms with E-state index in [1.165, 1.54) is 5.57 Å². The second kappa shape index (κ2) is 20.9. The predicted octanol–water partition coefficient (Wildman–Crippen LogP) is 11.8. The Morgan fingerprint density at radius 1 is 0.782 bits per heavy atom. The average Bonchev–Trinajstić information content (AvgIpc) is 3.05. The largest absolute Gasteiger partial charge is 0.497 e. The van der Waals surface area contributed by atoms with Crippen LogP contribution in [0.5, 0.6) is 5.75 Å². The Morgan fingerprint density at radius 2 is 1.29 bits per heavy atom. The van der Waals surface area contributed by atoms with Gasteiger partial charge in [0.2, 0.25) is 0 Å². The molecule has 0 spiro atoms. The number of benzene rings is 1. The number of ketones is 1. The Kier molecular flexibility index (Phi) is 19.5. The first-order chi connectivity index (χ1) is 24.9. The summed E-state index contributed by atoms with van der Waals surface area (Å²) in [6.45, 7) is 41.9. The zero-order valence-electron chi connectivity index (χ0n) is 39.1. The lowest BCUT2D eigenvalue weighted by atomic mass is 9.69. The molecule has 1 rings (SSSR count). The minimum absolute atomic E-state index is 0.00333. The number of carbonyl (C=O) groups excluding carboxylic acids is 1. The van der Waals surface area contributed by atoms with E-state index in [0.717, 1.165) is 16.9 Å². The van der Waals surface area contributed by atoms with Crippen molar-refractivity contribution in [2.24, 2.45) is 29.1 Å². The molecule has 0 aliphatic heterocycles. The first-order valence-corrected chi connectivity index (χ1v) is 26.4. The molecular weight excluding hydrogens is 721 g/mol. The van der Waals surface area contributed by atoms with Gasteiger partial charge in [0.25, 0.3) is 0 Å². The van der Waals surface area contributed by atoms with Crippen LogP contribution in [0.2, 0.25) is 36.3 Å². The Bertz CT molecular complexity index is 1380. The van der Waals surface area contributed by atoms with E-state index in [4.69, 9.17) is 23.1 Å². The van der Waals surface area contributed by atoms with Gasteiger partial charge in [0.15, 0.2) is 16.6 Å². The minimum atomic E-state index is -2.24. The zero-order chi connectivity index (χ0) is 42.9. The molecule has 8 atom stereocenters. The Hall–Kier alpha value is -1.60. The van der Waals surface area contributed by atoms with E-state index in [0.29, 0.717) is 19.6 Å². The van der Waals surface area contributed by atoms with E-state index in [1.807, 2.05) is 52.0 Å². The van der Waals surface area contributed by atoms with Gasteiger partial charge in [-0.15, -0.1) is 0 Å². The molecule has 1 aromatic rings. The molecule has 0 bridgehead atoms. The SMILES string of the molecule is COc1ccc(COCC[C@H](O[Si](C)(C)C(C)(C)C)[C@@H](C)[C@H](OC)C(C)(C)C(=O)[C@@H](C)[C@@H](O)[C@H](C)[C@H](O[Si](C)(C)C(C)(C)C)/C(C)=C/[C@@H](C)C=C(C)C)cc1. The van der Waals surface area contributed by atoms with Gasteiger partial charge in [0.1, 0.15) is 11.5 Å². The van der Waals surface area contributed by atoms with Crippen LogP contribution < -0.4 is 4.74 Å². The molecule has 9 heteroatoms. The maximum absolute atomic E-state index is 14.7. The maximum atomic E-state index is 14.7. The molecule has 0 aliphatic rings. The van der Waals surface area contributed by atoms with Gasteiger partial charge in [-0.3, -0.25) is 4.79 Å². The number of hydrogen-bond donors (Lipinski definition) is 1. The van der Waals surface area contributed by atoms with Crippen molar-refractivity contribution in [2.45, 2.75) is 178 Å². The lowest BCUT2D eigenvalue weighted by Crippen LogP contribution is -2.54. The average molecular weight is 805 g/mol. The summed E-state index contributed by atoms with van der Waals surface area (Å²) >= 11 is 0. The van der Waals surface area contributed by atoms with Crippen molar-refractivity contribution in [1.29, 1.82) is 0 Å². The van der Waals surface area contributed by atoms with E-state index in [9.17, 15) is 9.90 Å². The van der Waals surface area contributed by atoms with E-state index < -0.39 is 40.2 Å². The molecule has 0 aliphatic carbocycles. The molecular formula is C46H84O7Si2. The zero-order valence-corrected chi connectivity index (χ0v) is 41.1. The summed E-state index contributed by atoms with van der Waals surface area (Å²) in [6, 6.07) is 7.91. The first kappa shape index (κ1) is 51.4. The van der Waals surface area contributed by atoms with E-state index in [1.54, 1.807) is 14.2 Å². The highest BCUT2D eigenvalue weighted by atomic mass is 28.4. The van der Waals surface area contributed by atoms with Gasteiger partial charge in [-0.1, -0.05) is 113 Å². The Morgan fingerprint density at radius 3 is 1.75 bits per heavy atom. The lowest BCUT2D eigenvalue weighted by Gasteiger charge is -2.46. The van der Waals surface area contributed by atoms with Crippen molar-refractivity contribution in [3.8, 4) is 5.75 Å². The number of methoxy groups -OCH3 is 2. The topological polar surface area (TPSA) is 83.5 Å². The fourth-order valence-corrected chi connectivity index (χ4v) is 10.00. The molecule has 0 aromatic heterocycles. The molecule has 0 amide bonds. The molecule has 1 aromatic carbocycles. The highest BCUT2D eigenvalue weighted by Gasteiger charge is 2.49. The van der Waals surface area contributed by atoms with E-state index >= 15 is 0 Å². The molecule has 7 nitrogen and oxygen atoms in total. The smallest absolute Gasteiger partial charge is 0.192 e. The van der Waals surface area contributed by atoms with Crippen LogP contribution >= 0.6 is 0 Å². The fraction of sp³-hybridized carbons (Fsp3) is 0.761. The fourth-order valence-electron chi connectivity index (χ4n) is 7.17. The highest BCUT2D eigenvalue weighted by molar-refractivity contribution is 6.74. The third kappa shape index (κ3) is 14.6. The number of aliphatic hydroxyl groups excluding tert-OH is 1. The lowest BCUT2D eigenvalue weighted by molar-refractivity contribution is -0.149. The normalized spacial score (nSPS) is 18.1. The van der Waals surface area contributed by atoms with Crippen LogP contribution in [0.3, 0.4) is 0 Å². The molecule has 0 saturated heterocycles. The summed E-state index contributed by atoms with van der Waals surface area (Å²) < 4.78 is 32.0. The van der Waals surface area contributed by atoms with Crippen molar-refractivity contribution < 1.29 is 33.0 Å².